The van der Waals surface area contributed by atoms with Gasteiger partial charge in [0.15, 0.2) is 5.11 Å². The normalized spacial score (nSPS) is 16.4. The van der Waals surface area contributed by atoms with E-state index < -0.39 is 0 Å². The quantitative estimate of drug-likeness (QED) is 0.621. The molecule has 2 rings (SSSR count). The van der Waals surface area contributed by atoms with Gasteiger partial charge in [0.25, 0.3) is 0 Å². The molecular formula is C13H17N3S. The van der Waals surface area contributed by atoms with Gasteiger partial charge < -0.3 is 5.32 Å². The van der Waals surface area contributed by atoms with E-state index in [1.54, 1.807) is 0 Å². The highest BCUT2D eigenvalue weighted by atomic mass is 32.1. The van der Waals surface area contributed by atoms with Gasteiger partial charge in [-0.05, 0) is 44.0 Å². The fraction of sp³-hybridized carbons (Fsp3) is 0.385. The van der Waals surface area contributed by atoms with Crippen LogP contribution in [0.5, 0.6) is 0 Å². The minimum atomic E-state index is 0.586. The molecule has 0 saturated carbocycles. The van der Waals surface area contributed by atoms with Crippen LogP contribution in [0.2, 0.25) is 0 Å². The zero-order valence-electron chi connectivity index (χ0n) is 9.99. The van der Waals surface area contributed by atoms with Crippen molar-refractivity contribution in [3.05, 3.63) is 35.4 Å². The Balaban J connectivity index is 2.12. The molecule has 0 heterocycles. The Labute approximate surface area is 107 Å². The maximum absolute atomic E-state index is 5.09. The van der Waals surface area contributed by atoms with Gasteiger partial charge in [-0.25, -0.2) is 0 Å². The van der Waals surface area contributed by atoms with Crippen LogP contribution in [-0.4, -0.2) is 17.4 Å². The van der Waals surface area contributed by atoms with E-state index in [-0.39, 0.29) is 0 Å². The van der Waals surface area contributed by atoms with Crippen molar-refractivity contribution in [2.75, 3.05) is 6.54 Å². The summed E-state index contributed by atoms with van der Waals surface area (Å²) in [7, 11) is 0. The Bertz CT molecular complexity index is 440. The average molecular weight is 247 g/mol. The Morgan fingerprint density at radius 2 is 2.18 bits per heavy atom. The van der Waals surface area contributed by atoms with Gasteiger partial charge in [-0.3, -0.25) is 5.43 Å². The summed E-state index contributed by atoms with van der Waals surface area (Å²) >= 11 is 5.09. The molecule has 0 saturated heterocycles. The lowest BCUT2D eigenvalue weighted by atomic mass is 9.90. The number of rotatable bonds is 2. The zero-order chi connectivity index (χ0) is 12.1. The van der Waals surface area contributed by atoms with Crippen molar-refractivity contribution in [1.82, 2.24) is 10.7 Å². The first-order valence-electron chi connectivity index (χ1n) is 6.00. The molecule has 0 aliphatic heterocycles. The highest BCUT2D eigenvalue weighted by Crippen LogP contribution is 2.20. The van der Waals surface area contributed by atoms with Crippen LogP contribution in [0.1, 0.15) is 30.9 Å². The largest absolute Gasteiger partial charge is 0.362 e. The molecule has 0 aromatic heterocycles. The minimum Gasteiger partial charge on any atom is -0.362 e. The monoisotopic (exact) mass is 247 g/mol. The third-order valence-electron chi connectivity index (χ3n) is 2.82. The number of aryl methyl sites for hydroxylation is 1. The van der Waals surface area contributed by atoms with Crippen LogP contribution in [0.3, 0.4) is 0 Å². The molecule has 0 spiro atoms. The van der Waals surface area contributed by atoms with Gasteiger partial charge in [0.1, 0.15) is 0 Å². The van der Waals surface area contributed by atoms with Crippen LogP contribution in [0, 0.1) is 0 Å². The van der Waals surface area contributed by atoms with Crippen molar-refractivity contribution < 1.29 is 0 Å². The van der Waals surface area contributed by atoms with Crippen molar-refractivity contribution in [3.63, 3.8) is 0 Å². The average Bonchev–Trinajstić information content (AvgIpc) is 2.36. The lowest BCUT2D eigenvalue weighted by Crippen LogP contribution is -2.32. The number of nitrogens with one attached hydrogen (secondary N) is 2. The summed E-state index contributed by atoms with van der Waals surface area (Å²) in [6, 6.07) is 8.44. The second-order valence-electron chi connectivity index (χ2n) is 4.04. The summed E-state index contributed by atoms with van der Waals surface area (Å²) in [5.74, 6) is 0. The number of hydrogen-bond acceptors (Lipinski definition) is 2. The molecule has 0 unspecified atom stereocenters. The van der Waals surface area contributed by atoms with Crippen LogP contribution in [0.15, 0.2) is 29.4 Å². The predicted molar refractivity (Wildman–Crippen MR) is 75.3 cm³/mol. The molecule has 0 fully saturated rings. The first-order valence-corrected chi connectivity index (χ1v) is 6.40. The van der Waals surface area contributed by atoms with Crippen molar-refractivity contribution in [1.29, 1.82) is 0 Å². The summed E-state index contributed by atoms with van der Waals surface area (Å²) in [5, 5.41) is 8.01. The summed E-state index contributed by atoms with van der Waals surface area (Å²) in [5.41, 5.74) is 6.64. The van der Waals surface area contributed by atoms with E-state index in [4.69, 9.17) is 12.2 Å². The van der Waals surface area contributed by atoms with Gasteiger partial charge in [0.05, 0.1) is 5.71 Å². The number of hydrogen-bond donors (Lipinski definition) is 2. The molecule has 0 amide bonds. The van der Waals surface area contributed by atoms with E-state index in [2.05, 4.69) is 40.1 Å². The van der Waals surface area contributed by atoms with E-state index >= 15 is 0 Å². The summed E-state index contributed by atoms with van der Waals surface area (Å²) in [6.07, 6.45) is 3.32. The van der Waals surface area contributed by atoms with Crippen LogP contribution in [-0.2, 0) is 6.42 Å². The molecular weight excluding hydrogens is 230 g/mol. The van der Waals surface area contributed by atoms with Gasteiger partial charge in [-0.15, -0.1) is 0 Å². The van der Waals surface area contributed by atoms with E-state index in [0.29, 0.717) is 5.11 Å². The number of thiocarbonyl (C=S) groups is 1. The van der Waals surface area contributed by atoms with Crippen molar-refractivity contribution in [3.8, 4) is 0 Å². The fourth-order valence-corrected chi connectivity index (χ4v) is 2.23. The molecule has 1 aliphatic carbocycles. The van der Waals surface area contributed by atoms with Crippen LogP contribution >= 0.6 is 12.2 Å². The topological polar surface area (TPSA) is 36.4 Å². The molecule has 17 heavy (non-hydrogen) atoms. The molecule has 3 nitrogen and oxygen atoms in total. The number of hydrazone groups is 1. The van der Waals surface area contributed by atoms with E-state index in [0.717, 1.165) is 31.5 Å². The molecule has 4 heteroatoms. The van der Waals surface area contributed by atoms with Crippen LogP contribution < -0.4 is 10.7 Å². The second kappa shape index (κ2) is 5.77. The molecule has 0 bridgehead atoms. The summed E-state index contributed by atoms with van der Waals surface area (Å²) in [6.45, 7) is 2.82. The Hall–Kier alpha value is -1.42. The molecule has 90 valence electrons. The maximum Gasteiger partial charge on any atom is 0.186 e. The Kier molecular flexibility index (Phi) is 4.09. The lowest BCUT2D eigenvalue weighted by Gasteiger charge is -2.17. The first kappa shape index (κ1) is 12.0. The van der Waals surface area contributed by atoms with Crippen molar-refractivity contribution in [2.24, 2.45) is 5.10 Å². The predicted octanol–water partition coefficient (Wildman–Crippen LogP) is 2.21. The SMILES string of the molecule is CCNC(=S)N/N=C1\CCCc2ccccc21. The standard InChI is InChI=1S/C13H17N3S/c1-2-14-13(17)16-15-12-9-5-7-10-6-3-4-8-11(10)12/h3-4,6,8H,2,5,7,9H2,1H3,(H2,14,16,17)/b15-12+. The summed E-state index contributed by atoms with van der Waals surface area (Å²) in [4.78, 5) is 0. The highest BCUT2D eigenvalue weighted by Gasteiger charge is 2.14. The third kappa shape index (κ3) is 3.03. The van der Waals surface area contributed by atoms with Gasteiger partial charge >= 0.3 is 0 Å². The van der Waals surface area contributed by atoms with E-state index in [1.165, 1.54) is 11.1 Å². The summed E-state index contributed by atoms with van der Waals surface area (Å²) < 4.78 is 0. The van der Waals surface area contributed by atoms with Crippen molar-refractivity contribution in [2.45, 2.75) is 26.2 Å². The van der Waals surface area contributed by atoms with E-state index in [9.17, 15) is 0 Å². The van der Waals surface area contributed by atoms with Gasteiger partial charge in [0.2, 0.25) is 0 Å². The van der Waals surface area contributed by atoms with Gasteiger partial charge in [0, 0.05) is 12.1 Å². The molecule has 0 atom stereocenters. The molecule has 1 aromatic carbocycles. The van der Waals surface area contributed by atoms with Gasteiger partial charge in [-0.1, -0.05) is 24.3 Å². The first-order chi connectivity index (χ1) is 8.31. The van der Waals surface area contributed by atoms with Crippen LogP contribution in [0.25, 0.3) is 0 Å². The van der Waals surface area contributed by atoms with Crippen LogP contribution in [0.4, 0.5) is 0 Å². The van der Waals surface area contributed by atoms with Gasteiger partial charge in [-0.2, -0.15) is 5.10 Å². The number of fused-ring (bicyclic) bond motifs is 1. The number of benzene rings is 1. The smallest absolute Gasteiger partial charge is 0.186 e. The second-order valence-corrected chi connectivity index (χ2v) is 4.45. The van der Waals surface area contributed by atoms with E-state index in [1.807, 2.05) is 6.92 Å². The maximum atomic E-state index is 5.09. The van der Waals surface area contributed by atoms with Crippen molar-refractivity contribution >= 4 is 23.0 Å². The Morgan fingerprint density at radius 1 is 1.35 bits per heavy atom. The molecule has 2 N–H and O–H groups in total. The molecule has 1 aromatic rings. The highest BCUT2D eigenvalue weighted by molar-refractivity contribution is 7.80. The molecule has 1 aliphatic rings. The molecule has 0 radical (unpaired) electrons. The zero-order valence-corrected chi connectivity index (χ0v) is 10.8. The third-order valence-corrected chi connectivity index (χ3v) is 3.05. The minimum absolute atomic E-state index is 0.586. The lowest BCUT2D eigenvalue weighted by molar-refractivity contribution is 0.822. The number of nitrogens with zero attached hydrogens (tertiary/aromatic N) is 1. The fourth-order valence-electron chi connectivity index (χ4n) is 2.04. The Morgan fingerprint density at radius 3 is 3.00 bits per heavy atom.